The summed E-state index contributed by atoms with van der Waals surface area (Å²) in [6.45, 7) is 63.3. The minimum atomic E-state index is 0. The average Bonchev–Trinajstić information content (AvgIpc) is 1.56. The van der Waals surface area contributed by atoms with Gasteiger partial charge in [-0.3, -0.25) is 0 Å². The van der Waals surface area contributed by atoms with Crippen molar-refractivity contribution in [1.82, 2.24) is 15.0 Å². The van der Waals surface area contributed by atoms with Gasteiger partial charge in [-0.2, -0.15) is 0 Å². The molecule has 0 unspecified atom stereocenters. The minimum absolute atomic E-state index is 0. The summed E-state index contributed by atoms with van der Waals surface area (Å²) in [5, 5.41) is 7.51. The Morgan fingerprint density at radius 1 is 0.284 bits per heavy atom. The van der Waals surface area contributed by atoms with Crippen LogP contribution in [-0.4, -0.2) is 15.0 Å². The van der Waals surface area contributed by atoms with Crippen molar-refractivity contribution in [2.75, 3.05) is 0 Å². The molecule has 0 saturated carbocycles. The van der Waals surface area contributed by atoms with Crippen LogP contribution in [0.25, 0.3) is 66.1 Å². The summed E-state index contributed by atoms with van der Waals surface area (Å²) in [4.78, 5) is 14.9. The molecule has 462 valence electrons. The maximum absolute atomic E-state index is 4.96. The first-order chi connectivity index (χ1) is 39.9. The number of rotatable bonds is 3. The number of hydrogen-bond donors (Lipinski definition) is 0. The van der Waals surface area contributed by atoms with Gasteiger partial charge in [0, 0.05) is 18.6 Å². The second-order valence-electron chi connectivity index (χ2n) is 34.1. The van der Waals surface area contributed by atoms with E-state index in [0.717, 1.165) is 33.8 Å². The molecule has 3 aromatic heterocycles. The van der Waals surface area contributed by atoms with E-state index in [1.165, 1.54) is 82.4 Å². The molecule has 12 rings (SSSR count). The molecular weight excluding hydrogens is 1240 g/mol. The topological polar surface area (TPSA) is 38.7 Å². The SMILES string of the molecule is CC(C)(C)c1cnc(-c2[c-]cc3c(c2)C(C)(C)C(C)(C)C3(C)C)c2ccccc12.CC(C)(C)c1cnc(-c2[c-]cc3c(c2)C(C)(C)C(C)(C)C3(C)C)c2ccccc12.CC(C)(C)c1cnc(-c2[c-]cc3c(c2)C(C)(C)C(C)(C)C3(C)C)c2ccccc12.[Ir+3]. The van der Waals surface area contributed by atoms with Crippen molar-refractivity contribution in [2.45, 2.75) is 236 Å². The number of hydrogen-bond acceptors (Lipinski definition) is 3. The zero-order valence-electron chi connectivity index (χ0n) is 58.8. The van der Waals surface area contributed by atoms with Crippen LogP contribution in [0.15, 0.2) is 128 Å². The molecule has 0 aliphatic heterocycles. The van der Waals surface area contributed by atoms with Crippen LogP contribution in [0.3, 0.4) is 0 Å². The van der Waals surface area contributed by atoms with Gasteiger partial charge in [-0.1, -0.05) is 260 Å². The van der Waals surface area contributed by atoms with Crippen LogP contribution < -0.4 is 0 Å². The van der Waals surface area contributed by atoms with E-state index in [4.69, 9.17) is 15.0 Å². The van der Waals surface area contributed by atoms with Gasteiger partial charge in [0.15, 0.2) is 0 Å². The minimum Gasteiger partial charge on any atom is -0.304 e. The maximum atomic E-state index is 4.96. The number of pyridine rings is 3. The molecule has 3 heterocycles. The van der Waals surface area contributed by atoms with E-state index in [9.17, 15) is 0 Å². The Balaban J connectivity index is 0.000000156. The molecule has 9 aromatic rings. The van der Waals surface area contributed by atoms with Crippen molar-refractivity contribution in [2.24, 2.45) is 16.2 Å². The molecule has 3 nitrogen and oxygen atoms in total. The van der Waals surface area contributed by atoms with E-state index in [2.05, 4.69) is 333 Å². The molecule has 3 aliphatic carbocycles. The van der Waals surface area contributed by atoms with Crippen molar-refractivity contribution in [3.8, 4) is 33.8 Å². The summed E-state index contributed by atoms with van der Waals surface area (Å²) in [6.07, 6.45) is 6.20. The van der Waals surface area contributed by atoms with Gasteiger partial charge in [-0.25, -0.2) is 0 Å². The van der Waals surface area contributed by atoms with Gasteiger partial charge in [0.05, 0.1) is 0 Å². The fourth-order valence-electron chi connectivity index (χ4n) is 15.4. The smallest absolute Gasteiger partial charge is 0.304 e. The Morgan fingerprint density at radius 2 is 0.477 bits per heavy atom. The normalized spacial score (nSPS) is 19.1. The largest absolute Gasteiger partial charge is 3.00 e. The van der Waals surface area contributed by atoms with Crippen molar-refractivity contribution >= 4 is 32.3 Å². The third kappa shape index (κ3) is 9.92. The molecule has 88 heavy (non-hydrogen) atoms. The van der Waals surface area contributed by atoms with E-state index in [0.29, 0.717) is 0 Å². The van der Waals surface area contributed by atoms with Gasteiger partial charge in [-0.05, 0) is 131 Å². The monoisotopic (exact) mass is 1350 g/mol. The standard InChI is InChI=1S/3C28H34N.Ir/c3*1-25(2,3)23-17-29-24(20-13-11-10-12-19(20)23)18-14-15-21-22(16-18)27(6,7)28(8,9)26(21,4)5;/h3*10-13,15-17H,1-9H3;/q3*-1;+3. The predicted molar refractivity (Wildman–Crippen MR) is 374 cm³/mol. The van der Waals surface area contributed by atoms with Crippen LogP contribution in [0.1, 0.15) is 237 Å². The molecule has 0 amide bonds. The van der Waals surface area contributed by atoms with Gasteiger partial charge in [0.1, 0.15) is 0 Å². The number of fused-ring (bicyclic) bond motifs is 6. The molecule has 0 saturated heterocycles. The first kappa shape index (κ1) is 66.6. The van der Waals surface area contributed by atoms with Crippen molar-refractivity contribution in [1.29, 1.82) is 0 Å². The first-order valence-corrected chi connectivity index (χ1v) is 32.3. The predicted octanol–water partition coefficient (Wildman–Crippen LogP) is 22.8. The summed E-state index contributed by atoms with van der Waals surface area (Å²) in [5.41, 5.74) is 20.1. The number of benzene rings is 6. The van der Waals surface area contributed by atoms with E-state index in [1.54, 1.807) is 0 Å². The second-order valence-corrected chi connectivity index (χ2v) is 34.1. The van der Waals surface area contributed by atoms with Gasteiger partial charge in [0.2, 0.25) is 0 Å². The van der Waals surface area contributed by atoms with Crippen LogP contribution in [-0.2, 0) is 68.8 Å². The Morgan fingerprint density at radius 3 is 0.682 bits per heavy atom. The molecule has 0 radical (unpaired) electrons. The third-order valence-corrected chi connectivity index (χ3v) is 24.8. The van der Waals surface area contributed by atoms with E-state index in [1.807, 2.05) is 0 Å². The number of aromatic nitrogens is 3. The third-order valence-electron chi connectivity index (χ3n) is 24.8. The fraction of sp³-hybridized carbons (Fsp3) is 0.464. The summed E-state index contributed by atoms with van der Waals surface area (Å²) < 4.78 is 0. The zero-order valence-corrected chi connectivity index (χ0v) is 61.2. The summed E-state index contributed by atoms with van der Waals surface area (Å²) in [7, 11) is 0. The quantitative estimate of drug-likeness (QED) is 0.166. The first-order valence-electron chi connectivity index (χ1n) is 32.3. The van der Waals surface area contributed by atoms with Gasteiger partial charge in [0.25, 0.3) is 0 Å². The van der Waals surface area contributed by atoms with Crippen LogP contribution in [0.5, 0.6) is 0 Å². The Hall–Kier alpha value is -5.80. The molecular formula is C84H102IrN3. The molecule has 0 atom stereocenters. The second kappa shape index (κ2) is 21.4. The maximum Gasteiger partial charge on any atom is 3.00 e. The van der Waals surface area contributed by atoms with Crippen molar-refractivity contribution in [3.05, 3.63) is 196 Å². The van der Waals surface area contributed by atoms with Crippen molar-refractivity contribution < 1.29 is 20.1 Å². The van der Waals surface area contributed by atoms with Gasteiger partial charge >= 0.3 is 20.1 Å². The molecule has 4 heteroatoms. The summed E-state index contributed by atoms with van der Waals surface area (Å²) >= 11 is 0. The van der Waals surface area contributed by atoms with Gasteiger partial charge in [-0.15, -0.1) is 105 Å². The van der Waals surface area contributed by atoms with Gasteiger partial charge < -0.3 is 15.0 Å². The van der Waals surface area contributed by atoms with E-state index in [-0.39, 0.29) is 85.1 Å². The molecule has 0 fully saturated rings. The van der Waals surface area contributed by atoms with E-state index >= 15 is 0 Å². The van der Waals surface area contributed by atoms with Crippen LogP contribution in [0.2, 0.25) is 0 Å². The Kier molecular flexibility index (Phi) is 16.2. The molecule has 0 bridgehead atoms. The Labute approximate surface area is 545 Å². The average molecular weight is 1350 g/mol. The number of nitrogens with zero attached hydrogens (tertiary/aromatic N) is 3. The van der Waals surface area contributed by atoms with Crippen LogP contribution >= 0.6 is 0 Å². The summed E-state index contributed by atoms with van der Waals surface area (Å²) in [6, 6.07) is 50.6. The summed E-state index contributed by atoms with van der Waals surface area (Å²) in [5.74, 6) is 0. The fourth-order valence-corrected chi connectivity index (χ4v) is 15.4. The van der Waals surface area contributed by atoms with Crippen LogP contribution in [0.4, 0.5) is 0 Å². The van der Waals surface area contributed by atoms with Crippen molar-refractivity contribution in [3.63, 3.8) is 0 Å². The van der Waals surface area contributed by atoms with Crippen LogP contribution in [0, 0.1) is 34.4 Å². The molecule has 0 N–H and O–H groups in total. The molecule has 3 aliphatic rings. The molecule has 6 aromatic carbocycles. The zero-order chi connectivity index (χ0) is 64.2. The molecule has 0 spiro atoms. The Bertz CT molecular complexity index is 3760. The van der Waals surface area contributed by atoms with E-state index < -0.39 is 0 Å².